The Labute approximate surface area is 89.4 Å². The lowest BCUT2D eigenvalue weighted by Crippen LogP contribution is -2.08. The summed E-state index contributed by atoms with van der Waals surface area (Å²) in [6.45, 7) is 4.37. The summed E-state index contributed by atoms with van der Waals surface area (Å²) in [6.07, 6.45) is 3.23. The van der Waals surface area contributed by atoms with Gasteiger partial charge in [0.2, 0.25) is 0 Å². The maximum absolute atomic E-state index is 10.7. The Morgan fingerprint density at radius 2 is 1.60 bits per heavy atom. The van der Waals surface area contributed by atoms with E-state index in [1.54, 1.807) is 0 Å². The predicted molar refractivity (Wildman–Crippen MR) is 54.2 cm³/mol. The van der Waals surface area contributed by atoms with E-state index in [0.717, 1.165) is 26.2 Å². The van der Waals surface area contributed by atoms with Crippen LogP contribution in [0.2, 0.25) is 0 Å². The first-order valence-corrected chi connectivity index (χ1v) is 4.80. The zero-order valence-electron chi connectivity index (χ0n) is 9.41. The van der Waals surface area contributed by atoms with Gasteiger partial charge >= 0.3 is 11.9 Å². The van der Waals surface area contributed by atoms with Crippen LogP contribution in [0.1, 0.15) is 46.5 Å². The number of hydrogen-bond donors (Lipinski definition) is 1. The lowest BCUT2D eigenvalue weighted by atomic mass is 10.2. The number of carbonyl (C=O) groups excluding carboxylic acids is 2. The van der Waals surface area contributed by atoms with Crippen LogP contribution in [0, 0.1) is 0 Å². The summed E-state index contributed by atoms with van der Waals surface area (Å²) in [7, 11) is 0. The van der Waals surface area contributed by atoms with Crippen LogP contribution in [-0.2, 0) is 19.1 Å². The van der Waals surface area contributed by atoms with Gasteiger partial charge in [0.15, 0.2) is 0 Å². The van der Waals surface area contributed by atoms with Crippen LogP contribution >= 0.6 is 0 Å². The first-order chi connectivity index (χ1) is 6.90. The first-order valence-electron chi connectivity index (χ1n) is 4.80. The van der Waals surface area contributed by atoms with Crippen LogP contribution in [0.3, 0.4) is 0 Å². The van der Waals surface area contributed by atoms with E-state index < -0.39 is 17.9 Å². The van der Waals surface area contributed by atoms with Crippen molar-refractivity contribution < 1.29 is 24.2 Å². The number of carboxylic acid groups (broad SMARTS) is 1. The minimum absolute atomic E-state index is 0.355. The molecule has 0 unspecified atom stereocenters. The molecule has 5 heteroatoms. The molecule has 0 aromatic heterocycles. The van der Waals surface area contributed by atoms with E-state index >= 15 is 0 Å². The number of carboxylic acids is 1. The van der Waals surface area contributed by atoms with Crippen molar-refractivity contribution in [3.63, 3.8) is 0 Å². The number of unbranched alkanes of at least 4 members (excludes halogenated alkanes) is 2. The quantitative estimate of drug-likeness (QED) is 0.441. The zero-order valence-corrected chi connectivity index (χ0v) is 9.41. The largest absolute Gasteiger partial charge is 0.481 e. The third-order valence-corrected chi connectivity index (χ3v) is 1.24. The van der Waals surface area contributed by atoms with Crippen molar-refractivity contribution in [2.75, 3.05) is 0 Å². The SMILES string of the molecule is CC(=O)O.CCCCCC(=O)OC(C)=O. The van der Waals surface area contributed by atoms with E-state index in [0.29, 0.717) is 6.42 Å². The molecule has 0 rings (SSSR count). The highest BCUT2D eigenvalue weighted by Gasteiger charge is 2.03. The Hall–Kier alpha value is -1.39. The maximum atomic E-state index is 10.7. The molecular formula is C10H18O5. The van der Waals surface area contributed by atoms with E-state index in [1.807, 2.05) is 0 Å². The third-order valence-electron chi connectivity index (χ3n) is 1.24. The first kappa shape index (κ1) is 16.1. The molecule has 0 amide bonds. The Morgan fingerprint density at radius 3 is 1.93 bits per heavy atom. The molecule has 0 radical (unpaired) electrons. The second kappa shape index (κ2) is 10.7. The summed E-state index contributed by atoms with van der Waals surface area (Å²) in [5.74, 6) is -1.77. The molecule has 15 heavy (non-hydrogen) atoms. The Kier molecular flexibility index (Phi) is 11.4. The molecular weight excluding hydrogens is 200 g/mol. The van der Waals surface area contributed by atoms with Gasteiger partial charge in [-0.25, -0.2) is 0 Å². The molecule has 0 aliphatic rings. The molecule has 0 saturated carbocycles. The summed E-state index contributed by atoms with van der Waals surface area (Å²) >= 11 is 0. The zero-order chi connectivity index (χ0) is 12.3. The number of ether oxygens (including phenoxy) is 1. The van der Waals surface area contributed by atoms with Crippen molar-refractivity contribution in [1.29, 1.82) is 0 Å². The molecule has 0 aliphatic carbocycles. The van der Waals surface area contributed by atoms with E-state index in [-0.39, 0.29) is 0 Å². The molecule has 88 valence electrons. The number of aliphatic carboxylic acids is 1. The van der Waals surface area contributed by atoms with E-state index in [2.05, 4.69) is 11.7 Å². The van der Waals surface area contributed by atoms with Crippen molar-refractivity contribution >= 4 is 17.9 Å². The van der Waals surface area contributed by atoms with Crippen molar-refractivity contribution in [2.24, 2.45) is 0 Å². The van der Waals surface area contributed by atoms with Crippen LogP contribution in [0.5, 0.6) is 0 Å². The minimum atomic E-state index is -0.833. The van der Waals surface area contributed by atoms with Crippen molar-refractivity contribution in [3.05, 3.63) is 0 Å². The molecule has 0 aromatic rings. The van der Waals surface area contributed by atoms with Crippen molar-refractivity contribution in [2.45, 2.75) is 46.5 Å². The van der Waals surface area contributed by atoms with Crippen molar-refractivity contribution in [1.82, 2.24) is 0 Å². The molecule has 0 aromatic carbocycles. The van der Waals surface area contributed by atoms with Gasteiger partial charge in [-0.3, -0.25) is 14.4 Å². The average molecular weight is 218 g/mol. The standard InChI is InChI=1S/C8H14O3.C2H4O2/c1-3-4-5-6-8(10)11-7(2)9;1-2(3)4/h3-6H2,1-2H3;1H3,(H,3,4). The number of carbonyl (C=O) groups is 3. The van der Waals surface area contributed by atoms with Gasteiger partial charge in [0, 0.05) is 20.3 Å². The number of esters is 2. The molecule has 0 heterocycles. The monoisotopic (exact) mass is 218 g/mol. The topological polar surface area (TPSA) is 80.7 Å². The molecule has 0 saturated heterocycles. The van der Waals surface area contributed by atoms with E-state index in [9.17, 15) is 9.59 Å². The van der Waals surface area contributed by atoms with Crippen LogP contribution in [0.15, 0.2) is 0 Å². The van der Waals surface area contributed by atoms with Gasteiger partial charge in [-0.15, -0.1) is 0 Å². The maximum Gasteiger partial charge on any atom is 0.313 e. The Balaban J connectivity index is 0. The summed E-state index contributed by atoms with van der Waals surface area (Å²) in [4.78, 5) is 29.9. The highest BCUT2D eigenvalue weighted by atomic mass is 16.6. The number of rotatable bonds is 4. The lowest BCUT2D eigenvalue weighted by molar-refractivity contribution is -0.158. The van der Waals surface area contributed by atoms with E-state index in [1.165, 1.54) is 6.92 Å². The van der Waals surface area contributed by atoms with Crippen LogP contribution < -0.4 is 0 Å². The Bertz CT molecular complexity index is 206. The molecule has 0 atom stereocenters. The van der Waals surface area contributed by atoms with Gasteiger partial charge in [-0.2, -0.15) is 0 Å². The van der Waals surface area contributed by atoms with Crippen LogP contribution in [0.4, 0.5) is 0 Å². The summed E-state index contributed by atoms with van der Waals surface area (Å²) in [6, 6.07) is 0. The van der Waals surface area contributed by atoms with Gasteiger partial charge in [-0.1, -0.05) is 19.8 Å². The summed E-state index contributed by atoms with van der Waals surface area (Å²) in [5.41, 5.74) is 0. The predicted octanol–water partition coefficient (Wildman–Crippen LogP) is 1.75. The van der Waals surface area contributed by atoms with Crippen molar-refractivity contribution in [3.8, 4) is 0 Å². The minimum Gasteiger partial charge on any atom is -0.481 e. The smallest absolute Gasteiger partial charge is 0.313 e. The second-order valence-corrected chi connectivity index (χ2v) is 2.94. The van der Waals surface area contributed by atoms with Gasteiger partial charge in [-0.05, 0) is 6.42 Å². The summed E-state index contributed by atoms with van der Waals surface area (Å²) in [5, 5.41) is 7.42. The lowest BCUT2D eigenvalue weighted by Gasteiger charge is -1.97. The van der Waals surface area contributed by atoms with E-state index in [4.69, 9.17) is 9.90 Å². The van der Waals surface area contributed by atoms with Gasteiger partial charge < -0.3 is 9.84 Å². The fourth-order valence-electron chi connectivity index (χ4n) is 0.731. The van der Waals surface area contributed by atoms with Crippen LogP contribution in [-0.4, -0.2) is 23.0 Å². The molecule has 1 N–H and O–H groups in total. The molecule has 0 spiro atoms. The fraction of sp³-hybridized carbons (Fsp3) is 0.700. The molecule has 0 aliphatic heterocycles. The Morgan fingerprint density at radius 1 is 1.13 bits per heavy atom. The summed E-state index contributed by atoms with van der Waals surface area (Å²) < 4.78 is 4.32. The second-order valence-electron chi connectivity index (χ2n) is 2.94. The van der Waals surface area contributed by atoms with Gasteiger partial charge in [0.05, 0.1) is 0 Å². The fourth-order valence-corrected chi connectivity index (χ4v) is 0.731. The highest BCUT2D eigenvalue weighted by Crippen LogP contribution is 2.00. The normalized spacial score (nSPS) is 8.47. The molecule has 5 nitrogen and oxygen atoms in total. The highest BCUT2D eigenvalue weighted by molar-refractivity contribution is 5.83. The average Bonchev–Trinajstić information content (AvgIpc) is 2.02. The van der Waals surface area contributed by atoms with Gasteiger partial charge in [0.1, 0.15) is 0 Å². The van der Waals surface area contributed by atoms with Crippen LogP contribution in [0.25, 0.3) is 0 Å². The molecule has 0 fully saturated rings. The molecule has 0 bridgehead atoms. The van der Waals surface area contributed by atoms with Gasteiger partial charge in [0.25, 0.3) is 5.97 Å². The number of hydrogen-bond acceptors (Lipinski definition) is 4. The third kappa shape index (κ3) is 24.5.